The van der Waals surface area contributed by atoms with E-state index in [0.29, 0.717) is 12.1 Å². The zero-order valence-corrected chi connectivity index (χ0v) is 27.0. The van der Waals surface area contributed by atoms with Crippen LogP contribution in [0, 0.1) is 0 Å². The van der Waals surface area contributed by atoms with Crippen LogP contribution >= 0.6 is 0 Å². The van der Waals surface area contributed by atoms with Gasteiger partial charge in [-0.1, -0.05) is 42.5 Å². The number of pyridine rings is 2. The van der Waals surface area contributed by atoms with Crippen LogP contribution in [0.25, 0.3) is 33.5 Å². The third-order valence-electron chi connectivity index (χ3n) is 9.43. The van der Waals surface area contributed by atoms with E-state index in [4.69, 9.17) is 4.98 Å². The molecule has 0 spiro atoms. The predicted molar refractivity (Wildman–Crippen MR) is 182 cm³/mol. The molecule has 0 unspecified atom stereocenters. The van der Waals surface area contributed by atoms with Gasteiger partial charge >= 0.3 is 0 Å². The van der Waals surface area contributed by atoms with E-state index in [1.165, 1.54) is 16.7 Å². The molecular weight excluding hydrogens is 540 g/mol. The Morgan fingerprint density at radius 1 is 0.545 bits per heavy atom. The number of aromatic nitrogens is 2. The van der Waals surface area contributed by atoms with Crippen molar-refractivity contribution in [3.05, 3.63) is 96.4 Å². The van der Waals surface area contributed by atoms with Crippen LogP contribution in [-0.2, 0) is 13.1 Å². The molecule has 2 aliphatic heterocycles. The van der Waals surface area contributed by atoms with Gasteiger partial charge in [-0.2, -0.15) is 0 Å². The first-order valence-corrected chi connectivity index (χ1v) is 16.4. The van der Waals surface area contributed by atoms with Crippen molar-refractivity contribution in [3.8, 4) is 33.5 Å². The van der Waals surface area contributed by atoms with Crippen molar-refractivity contribution in [2.45, 2.75) is 52.9 Å². The van der Waals surface area contributed by atoms with Crippen LogP contribution in [0.2, 0.25) is 0 Å². The van der Waals surface area contributed by atoms with Gasteiger partial charge in [0, 0.05) is 113 Å². The highest BCUT2D eigenvalue weighted by atomic mass is 15.3. The molecule has 6 rings (SSSR count). The summed E-state index contributed by atoms with van der Waals surface area (Å²) >= 11 is 0. The van der Waals surface area contributed by atoms with Crippen molar-refractivity contribution in [1.82, 2.24) is 29.6 Å². The van der Waals surface area contributed by atoms with E-state index >= 15 is 0 Å². The Morgan fingerprint density at radius 2 is 1.14 bits per heavy atom. The molecule has 0 saturated carbocycles. The molecule has 2 aromatic heterocycles. The standard InChI is InChI=1S/C38H48N6/c1-29(2)43-18-14-41(15-19-43)27-31-8-10-33(11-9-31)36-23-37(26-39-25-36)34-12-13-40-38(24-34)35-7-5-6-32(22-35)28-42-16-20-44(21-17-42)30(3)4/h5-13,22-26,29-30H,14-21,27-28H2,1-4H3. The first-order valence-electron chi connectivity index (χ1n) is 16.4. The molecule has 0 bridgehead atoms. The molecule has 0 radical (unpaired) electrons. The molecular formula is C38H48N6. The molecule has 2 aliphatic rings. The second-order valence-electron chi connectivity index (χ2n) is 13.1. The van der Waals surface area contributed by atoms with Crippen molar-refractivity contribution >= 4 is 0 Å². The molecule has 4 heterocycles. The fourth-order valence-electron chi connectivity index (χ4n) is 6.55. The molecule has 0 N–H and O–H groups in total. The average Bonchev–Trinajstić information content (AvgIpc) is 3.06. The lowest BCUT2D eigenvalue weighted by molar-refractivity contribution is 0.104. The third-order valence-corrected chi connectivity index (χ3v) is 9.43. The highest BCUT2D eigenvalue weighted by Gasteiger charge is 2.20. The largest absolute Gasteiger partial charge is 0.298 e. The summed E-state index contributed by atoms with van der Waals surface area (Å²) in [5.74, 6) is 0. The molecule has 2 fully saturated rings. The smallest absolute Gasteiger partial charge is 0.0708 e. The zero-order chi connectivity index (χ0) is 30.5. The van der Waals surface area contributed by atoms with Gasteiger partial charge in [0.15, 0.2) is 0 Å². The van der Waals surface area contributed by atoms with Gasteiger partial charge in [-0.15, -0.1) is 0 Å². The fraction of sp³-hybridized carbons (Fsp3) is 0.421. The van der Waals surface area contributed by atoms with Crippen molar-refractivity contribution in [2.75, 3.05) is 52.4 Å². The Kier molecular flexibility index (Phi) is 9.82. The molecule has 2 aromatic carbocycles. The van der Waals surface area contributed by atoms with Crippen molar-refractivity contribution in [2.24, 2.45) is 0 Å². The van der Waals surface area contributed by atoms with Crippen LogP contribution in [0.15, 0.2) is 85.3 Å². The monoisotopic (exact) mass is 588 g/mol. The molecule has 230 valence electrons. The fourth-order valence-corrected chi connectivity index (χ4v) is 6.55. The lowest BCUT2D eigenvalue weighted by Gasteiger charge is -2.37. The Labute approximate surface area is 264 Å². The Hall–Kier alpha value is -3.42. The van der Waals surface area contributed by atoms with Crippen LogP contribution in [0.4, 0.5) is 0 Å². The summed E-state index contributed by atoms with van der Waals surface area (Å²) in [7, 11) is 0. The number of piperazine rings is 2. The SMILES string of the molecule is CC(C)N1CCN(Cc2ccc(-c3cncc(-c4ccnc(-c5cccc(CN6CCN(C(C)C)CC6)c5)c4)c3)cc2)CC1. The maximum Gasteiger partial charge on any atom is 0.0708 e. The molecule has 6 nitrogen and oxygen atoms in total. The minimum Gasteiger partial charge on any atom is -0.298 e. The number of nitrogens with zero attached hydrogens (tertiary/aromatic N) is 6. The number of hydrogen-bond donors (Lipinski definition) is 0. The van der Waals surface area contributed by atoms with Crippen LogP contribution in [-0.4, -0.2) is 94.0 Å². The molecule has 2 saturated heterocycles. The Morgan fingerprint density at radius 3 is 1.75 bits per heavy atom. The number of benzene rings is 2. The summed E-state index contributed by atoms with van der Waals surface area (Å²) < 4.78 is 0. The highest BCUT2D eigenvalue weighted by molar-refractivity contribution is 5.74. The summed E-state index contributed by atoms with van der Waals surface area (Å²) in [5, 5.41) is 0. The zero-order valence-electron chi connectivity index (χ0n) is 27.0. The van der Waals surface area contributed by atoms with Gasteiger partial charge in [-0.05, 0) is 74.2 Å². The predicted octanol–water partition coefficient (Wildman–Crippen LogP) is 6.53. The van der Waals surface area contributed by atoms with Crippen molar-refractivity contribution in [3.63, 3.8) is 0 Å². The van der Waals surface area contributed by atoms with Gasteiger partial charge in [0.2, 0.25) is 0 Å². The van der Waals surface area contributed by atoms with Gasteiger partial charge < -0.3 is 0 Å². The van der Waals surface area contributed by atoms with Crippen LogP contribution in [0.1, 0.15) is 38.8 Å². The molecule has 0 aliphatic carbocycles. The van der Waals surface area contributed by atoms with Crippen LogP contribution in [0.5, 0.6) is 0 Å². The first kappa shape index (κ1) is 30.6. The van der Waals surface area contributed by atoms with Crippen LogP contribution in [0.3, 0.4) is 0 Å². The quantitative estimate of drug-likeness (QED) is 0.221. The van der Waals surface area contributed by atoms with E-state index < -0.39 is 0 Å². The number of rotatable bonds is 9. The molecule has 4 aromatic rings. The first-order chi connectivity index (χ1) is 21.4. The van der Waals surface area contributed by atoms with E-state index in [1.807, 2.05) is 18.6 Å². The van der Waals surface area contributed by atoms with Crippen LogP contribution < -0.4 is 0 Å². The lowest BCUT2D eigenvalue weighted by atomic mass is 10.00. The van der Waals surface area contributed by atoms with E-state index in [2.05, 4.69) is 119 Å². The van der Waals surface area contributed by atoms with Crippen molar-refractivity contribution in [1.29, 1.82) is 0 Å². The molecule has 0 amide bonds. The second kappa shape index (κ2) is 14.1. The van der Waals surface area contributed by atoms with Gasteiger partial charge in [0.25, 0.3) is 0 Å². The van der Waals surface area contributed by atoms with Gasteiger partial charge in [-0.25, -0.2) is 0 Å². The molecule has 6 heteroatoms. The van der Waals surface area contributed by atoms with Gasteiger partial charge in [0.1, 0.15) is 0 Å². The van der Waals surface area contributed by atoms with E-state index in [9.17, 15) is 0 Å². The lowest BCUT2D eigenvalue weighted by Crippen LogP contribution is -2.48. The van der Waals surface area contributed by atoms with Gasteiger partial charge in [0.05, 0.1) is 5.69 Å². The maximum atomic E-state index is 4.76. The Bertz CT molecular complexity index is 1500. The summed E-state index contributed by atoms with van der Waals surface area (Å²) in [6.45, 7) is 20.3. The van der Waals surface area contributed by atoms with E-state index in [1.54, 1.807) is 0 Å². The summed E-state index contributed by atoms with van der Waals surface area (Å²) in [4.78, 5) is 19.7. The minimum absolute atomic E-state index is 0.626. The minimum atomic E-state index is 0.626. The van der Waals surface area contributed by atoms with E-state index in [0.717, 1.165) is 93.4 Å². The summed E-state index contributed by atoms with van der Waals surface area (Å²) in [6, 6.07) is 25.7. The van der Waals surface area contributed by atoms with Gasteiger partial charge in [-0.3, -0.25) is 29.6 Å². The topological polar surface area (TPSA) is 38.7 Å². The van der Waals surface area contributed by atoms with Crippen molar-refractivity contribution < 1.29 is 0 Å². The number of hydrogen-bond acceptors (Lipinski definition) is 6. The maximum absolute atomic E-state index is 4.76. The molecule has 44 heavy (non-hydrogen) atoms. The van der Waals surface area contributed by atoms with E-state index in [-0.39, 0.29) is 0 Å². The summed E-state index contributed by atoms with van der Waals surface area (Å²) in [5.41, 5.74) is 9.45. The second-order valence-corrected chi connectivity index (χ2v) is 13.1. The molecule has 0 atom stereocenters. The third kappa shape index (κ3) is 7.62. The summed E-state index contributed by atoms with van der Waals surface area (Å²) in [6.07, 6.45) is 5.85. The highest BCUT2D eigenvalue weighted by Crippen LogP contribution is 2.29. The Balaban J connectivity index is 1.11. The average molecular weight is 589 g/mol. The normalized spacial score (nSPS) is 17.5.